The Morgan fingerprint density at radius 1 is 1.26 bits per heavy atom. The van der Waals surface area contributed by atoms with Crippen molar-refractivity contribution in [2.45, 2.75) is 45.3 Å². The van der Waals surface area contributed by atoms with Gasteiger partial charge in [0.25, 0.3) is 0 Å². The molecule has 1 aliphatic heterocycles. The molecule has 1 aliphatic carbocycles. The molecule has 2 N–H and O–H groups in total. The van der Waals surface area contributed by atoms with Gasteiger partial charge >= 0.3 is 6.18 Å². The monoisotopic (exact) mass is 384 g/mol. The average molecular weight is 384 g/mol. The number of carbonyl (C=O) groups is 1. The molecule has 0 spiro atoms. The lowest BCUT2D eigenvalue weighted by Crippen LogP contribution is -2.54. The summed E-state index contributed by atoms with van der Waals surface area (Å²) in [6.07, 6.45) is -2.09. The highest BCUT2D eigenvalue weighted by molar-refractivity contribution is 5.83. The molecule has 2 fully saturated rings. The molecule has 0 radical (unpaired) electrons. The van der Waals surface area contributed by atoms with Crippen molar-refractivity contribution in [1.82, 2.24) is 9.88 Å². The molecule has 0 aromatic carbocycles. The zero-order chi connectivity index (χ0) is 19.8. The van der Waals surface area contributed by atoms with Crippen molar-refractivity contribution >= 4 is 11.7 Å². The molecule has 1 amide bonds. The Hall–Kier alpha value is -1.83. The second-order valence-electron chi connectivity index (χ2n) is 7.97. The average Bonchev–Trinajstić information content (AvgIpc) is 3.04. The summed E-state index contributed by atoms with van der Waals surface area (Å²) in [5, 5.41) is 0. The van der Waals surface area contributed by atoms with E-state index in [4.69, 9.17) is 5.73 Å². The highest BCUT2D eigenvalue weighted by Gasteiger charge is 2.48. The van der Waals surface area contributed by atoms with Gasteiger partial charge in [0.2, 0.25) is 5.91 Å². The summed E-state index contributed by atoms with van der Waals surface area (Å²) < 4.78 is 38.6. The quantitative estimate of drug-likeness (QED) is 0.871. The number of amides is 1. The third kappa shape index (κ3) is 3.90. The summed E-state index contributed by atoms with van der Waals surface area (Å²) in [5.74, 6) is 0.655. The Kier molecular flexibility index (Phi) is 5.38. The number of nitrogens with two attached hydrogens (primary N) is 1. The first-order valence-electron chi connectivity index (χ1n) is 9.47. The minimum absolute atomic E-state index is 0.0620. The van der Waals surface area contributed by atoms with E-state index >= 15 is 0 Å². The number of aromatic nitrogens is 1. The van der Waals surface area contributed by atoms with Gasteiger partial charge in [-0.25, -0.2) is 4.98 Å². The molecule has 1 saturated heterocycles. The lowest BCUT2D eigenvalue weighted by Gasteiger charge is -2.42. The van der Waals surface area contributed by atoms with Crippen LogP contribution in [0, 0.1) is 11.3 Å². The summed E-state index contributed by atoms with van der Waals surface area (Å²) in [7, 11) is 0. The number of carbonyl (C=O) groups excluding carboxylic acids is 1. The first kappa shape index (κ1) is 19.9. The van der Waals surface area contributed by atoms with Crippen molar-refractivity contribution in [3.8, 4) is 0 Å². The van der Waals surface area contributed by atoms with E-state index < -0.39 is 17.3 Å². The number of piperazine rings is 1. The van der Waals surface area contributed by atoms with Crippen molar-refractivity contribution in [3.63, 3.8) is 0 Å². The standard InChI is InChI=1S/C19H27F3N4O/c1-13(2)18(7-6-14(23)12-18)17(27)26-10-8-25(9-11-26)16-5-3-4-15(24-16)19(20,21)22/h3-5,13-14H,6-12,23H2,1-2H3/t14?,18-/m0/s1. The molecule has 1 aromatic rings. The first-order chi connectivity index (χ1) is 12.6. The van der Waals surface area contributed by atoms with E-state index in [-0.39, 0.29) is 17.9 Å². The normalized spacial score (nSPS) is 26.7. The third-order valence-electron chi connectivity index (χ3n) is 6.03. The van der Waals surface area contributed by atoms with E-state index in [0.717, 1.165) is 18.9 Å². The molecule has 0 bridgehead atoms. The van der Waals surface area contributed by atoms with Gasteiger partial charge in [-0.2, -0.15) is 13.2 Å². The van der Waals surface area contributed by atoms with Crippen molar-refractivity contribution < 1.29 is 18.0 Å². The fourth-order valence-electron chi connectivity index (χ4n) is 4.29. The van der Waals surface area contributed by atoms with Crippen LogP contribution in [0.1, 0.15) is 38.8 Å². The molecule has 2 heterocycles. The van der Waals surface area contributed by atoms with Crippen LogP contribution in [0.25, 0.3) is 0 Å². The number of anilines is 1. The van der Waals surface area contributed by atoms with E-state index in [9.17, 15) is 18.0 Å². The smallest absolute Gasteiger partial charge is 0.353 e. The van der Waals surface area contributed by atoms with Crippen LogP contribution in [0.4, 0.5) is 19.0 Å². The van der Waals surface area contributed by atoms with Crippen LogP contribution in [-0.2, 0) is 11.0 Å². The van der Waals surface area contributed by atoms with Crippen LogP contribution >= 0.6 is 0 Å². The van der Waals surface area contributed by atoms with Gasteiger partial charge in [-0.1, -0.05) is 19.9 Å². The Morgan fingerprint density at radius 3 is 2.44 bits per heavy atom. The Balaban J connectivity index is 1.68. The minimum Gasteiger partial charge on any atom is -0.353 e. The number of hydrogen-bond acceptors (Lipinski definition) is 4. The lowest BCUT2D eigenvalue weighted by atomic mass is 9.74. The Morgan fingerprint density at radius 2 is 1.93 bits per heavy atom. The van der Waals surface area contributed by atoms with Crippen LogP contribution in [0.2, 0.25) is 0 Å². The van der Waals surface area contributed by atoms with Gasteiger partial charge in [0, 0.05) is 32.2 Å². The van der Waals surface area contributed by atoms with E-state index in [1.807, 2.05) is 4.90 Å². The van der Waals surface area contributed by atoms with Crippen LogP contribution in [-0.4, -0.2) is 48.0 Å². The van der Waals surface area contributed by atoms with E-state index in [1.165, 1.54) is 6.07 Å². The highest BCUT2D eigenvalue weighted by Crippen LogP contribution is 2.45. The van der Waals surface area contributed by atoms with Gasteiger partial charge < -0.3 is 15.5 Å². The van der Waals surface area contributed by atoms with Crippen molar-refractivity contribution in [3.05, 3.63) is 23.9 Å². The predicted octanol–water partition coefficient (Wildman–Crippen LogP) is 2.90. The van der Waals surface area contributed by atoms with Gasteiger partial charge in [-0.3, -0.25) is 4.79 Å². The van der Waals surface area contributed by atoms with E-state index in [2.05, 4.69) is 18.8 Å². The maximum absolute atomic E-state index is 13.2. The zero-order valence-corrected chi connectivity index (χ0v) is 15.8. The fraction of sp³-hybridized carbons (Fsp3) is 0.684. The summed E-state index contributed by atoms with van der Waals surface area (Å²) >= 11 is 0. The molecular formula is C19H27F3N4O. The summed E-state index contributed by atoms with van der Waals surface area (Å²) in [6.45, 7) is 6.05. The van der Waals surface area contributed by atoms with Crippen LogP contribution < -0.4 is 10.6 Å². The van der Waals surface area contributed by atoms with Crippen LogP contribution in [0.5, 0.6) is 0 Å². The van der Waals surface area contributed by atoms with Gasteiger partial charge in [-0.05, 0) is 37.3 Å². The molecule has 1 unspecified atom stereocenters. The summed E-state index contributed by atoms with van der Waals surface area (Å²) in [4.78, 5) is 20.6. The van der Waals surface area contributed by atoms with Gasteiger partial charge in [0.05, 0.1) is 5.41 Å². The number of rotatable bonds is 3. The lowest BCUT2D eigenvalue weighted by molar-refractivity contribution is -0.145. The maximum Gasteiger partial charge on any atom is 0.433 e. The van der Waals surface area contributed by atoms with Crippen LogP contribution in [0.3, 0.4) is 0 Å². The van der Waals surface area contributed by atoms with Crippen LogP contribution in [0.15, 0.2) is 18.2 Å². The second kappa shape index (κ2) is 7.30. The van der Waals surface area contributed by atoms with Gasteiger partial charge in [0.1, 0.15) is 11.5 Å². The Labute approximate surface area is 157 Å². The number of halogens is 3. The summed E-state index contributed by atoms with van der Waals surface area (Å²) in [6, 6.07) is 3.99. The van der Waals surface area contributed by atoms with Crippen molar-refractivity contribution in [1.29, 1.82) is 0 Å². The molecule has 2 aliphatic rings. The maximum atomic E-state index is 13.2. The molecular weight excluding hydrogens is 357 g/mol. The topological polar surface area (TPSA) is 62.5 Å². The Bertz CT molecular complexity index is 686. The van der Waals surface area contributed by atoms with E-state index in [1.54, 1.807) is 11.0 Å². The SMILES string of the molecule is CC(C)[C@]1(C(=O)N2CCN(c3cccc(C(F)(F)F)n3)CC2)CCC(N)C1. The molecule has 150 valence electrons. The number of pyridine rings is 1. The molecule has 1 saturated carbocycles. The van der Waals surface area contributed by atoms with Crippen molar-refractivity contribution in [2.24, 2.45) is 17.1 Å². The third-order valence-corrected chi connectivity index (χ3v) is 6.03. The zero-order valence-electron chi connectivity index (χ0n) is 15.8. The number of nitrogens with zero attached hydrogens (tertiary/aromatic N) is 3. The van der Waals surface area contributed by atoms with Gasteiger partial charge in [-0.15, -0.1) is 0 Å². The summed E-state index contributed by atoms with van der Waals surface area (Å²) in [5.41, 5.74) is 4.79. The van der Waals surface area contributed by atoms with E-state index in [0.29, 0.717) is 38.4 Å². The molecule has 2 atom stereocenters. The molecule has 27 heavy (non-hydrogen) atoms. The first-order valence-corrected chi connectivity index (χ1v) is 9.47. The fourth-order valence-corrected chi connectivity index (χ4v) is 4.29. The molecule has 5 nitrogen and oxygen atoms in total. The molecule has 1 aromatic heterocycles. The second-order valence-corrected chi connectivity index (χ2v) is 7.97. The van der Waals surface area contributed by atoms with Gasteiger partial charge in [0.15, 0.2) is 0 Å². The minimum atomic E-state index is -4.46. The predicted molar refractivity (Wildman–Crippen MR) is 97.1 cm³/mol. The molecule has 8 heteroatoms. The number of hydrogen-bond donors (Lipinski definition) is 1. The highest BCUT2D eigenvalue weighted by atomic mass is 19.4. The van der Waals surface area contributed by atoms with Crippen molar-refractivity contribution in [2.75, 3.05) is 31.1 Å². The number of alkyl halides is 3. The largest absolute Gasteiger partial charge is 0.433 e. The molecule has 3 rings (SSSR count).